The van der Waals surface area contributed by atoms with Gasteiger partial charge >= 0.3 is 0 Å². The summed E-state index contributed by atoms with van der Waals surface area (Å²) < 4.78 is 28.7. The maximum absolute atomic E-state index is 11.2. The summed E-state index contributed by atoms with van der Waals surface area (Å²) in [6.07, 6.45) is 3.81. The van der Waals surface area contributed by atoms with E-state index in [9.17, 15) is 8.42 Å². The Morgan fingerprint density at radius 1 is 1.53 bits per heavy atom. The van der Waals surface area contributed by atoms with Crippen LogP contribution in [-0.4, -0.2) is 34.6 Å². The Morgan fingerprint density at radius 2 is 2.29 bits per heavy atom. The van der Waals surface area contributed by atoms with Crippen LogP contribution in [0.25, 0.3) is 0 Å². The van der Waals surface area contributed by atoms with Crippen LogP contribution in [0.2, 0.25) is 0 Å². The van der Waals surface area contributed by atoms with E-state index in [0.717, 1.165) is 6.26 Å². The maximum atomic E-state index is 11.2. The molecule has 92 valence electrons. The van der Waals surface area contributed by atoms with Gasteiger partial charge in [-0.3, -0.25) is 4.68 Å². The van der Waals surface area contributed by atoms with E-state index >= 15 is 0 Å². The predicted octanol–water partition coefficient (Wildman–Crippen LogP) is -0.823. The van der Waals surface area contributed by atoms with Crippen molar-refractivity contribution in [2.75, 3.05) is 6.26 Å². The summed E-state index contributed by atoms with van der Waals surface area (Å²) in [5.41, 5.74) is 5.32. The molecule has 0 saturated heterocycles. The van der Waals surface area contributed by atoms with Gasteiger partial charge in [-0.05, 0) is 0 Å². The SMILES string of the molecule is CS(=O)(=O)c1cnn(Cc2noc(CN)n2)c1. The van der Waals surface area contributed by atoms with Crippen LogP contribution in [0.4, 0.5) is 0 Å². The van der Waals surface area contributed by atoms with Crippen molar-refractivity contribution in [3.8, 4) is 0 Å². The van der Waals surface area contributed by atoms with Crippen LogP contribution in [0.15, 0.2) is 21.8 Å². The van der Waals surface area contributed by atoms with Crippen molar-refractivity contribution in [1.82, 2.24) is 19.9 Å². The van der Waals surface area contributed by atoms with Gasteiger partial charge in [0.05, 0.1) is 12.7 Å². The number of sulfone groups is 1. The molecule has 2 aromatic rings. The van der Waals surface area contributed by atoms with Crippen LogP contribution >= 0.6 is 0 Å². The third-order valence-electron chi connectivity index (χ3n) is 2.03. The lowest BCUT2D eigenvalue weighted by atomic mass is 10.6. The first-order valence-corrected chi connectivity index (χ1v) is 6.62. The van der Waals surface area contributed by atoms with Gasteiger partial charge in [0.25, 0.3) is 0 Å². The molecule has 0 amide bonds. The Labute approximate surface area is 97.3 Å². The first-order chi connectivity index (χ1) is 7.99. The highest BCUT2D eigenvalue weighted by Crippen LogP contribution is 2.07. The van der Waals surface area contributed by atoms with Crippen molar-refractivity contribution in [2.45, 2.75) is 18.0 Å². The molecule has 2 rings (SSSR count). The molecule has 0 spiro atoms. The Morgan fingerprint density at radius 3 is 2.82 bits per heavy atom. The van der Waals surface area contributed by atoms with Crippen molar-refractivity contribution < 1.29 is 12.9 Å². The highest BCUT2D eigenvalue weighted by atomic mass is 32.2. The topological polar surface area (TPSA) is 117 Å². The molecule has 0 aromatic carbocycles. The Balaban J connectivity index is 2.17. The minimum absolute atomic E-state index is 0.153. The van der Waals surface area contributed by atoms with E-state index in [2.05, 4.69) is 15.2 Å². The number of nitrogens with two attached hydrogens (primary N) is 1. The Hall–Kier alpha value is -1.74. The van der Waals surface area contributed by atoms with Gasteiger partial charge in [0, 0.05) is 12.5 Å². The highest BCUT2D eigenvalue weighted by Gasteiger charge is 2.11. The van der Waals surface area contributed by atoms with Crippen molar-refractivity contribution in [1.29, 1.82) is 0 Å². The Bertz CT molecular complexity index is 615. The van der Waals surface area contributed by atoms with Crippen molar-refractivity contribution in [3.05, 3.63) is 24.1 Å². The minimum Gasteiger partial charge on any atom is -0.338 e. The average molecular weight is 257 g/mol. The molecule has 2 heterocycles. The molecule has 0 aliphatic carbocycles. The Kier molecular flexibility index (Phi) is 2.94. The van der Waals surface area contributed by atoms with Gasteiger partial charge in [-0.15, -0.1) is 0 Å². The van der Waals surface area contributed by atoms with Gasteiger partial charge in [0.1, 0.15) is 11.4 Å². The van der Waals surface area contributed by atoms with Crippen LogP contribution in [0.5, 0.6) is 0 Å². The van der Waals surface area contributed by atoms with E-state index in [1.54, 1.807) is 0 Å². The largest absolute Gasteiger partial charge is 0.338 e. The molecular formula is C8H11N5O3S. The molecule has 0 unspecified atom stereocenters. The summed E-state index contributed by atoms with van der Waals surface area (Å²) in [7, 11) is -3.24. The molecule has 2 aromatic heterocycles. The second-order valence-electron chi connectivity index (χ2n) is 3.45. The summed E-state index contributed by atoms with van der Waals surface area (Å²) in [5, 5.41) is 7.57. The lowest BCUT2D eigenvalue weighted by Crippen LogP contribution is -2.03. The van der Waals surface area contributed by atoms with E-state index in [0.29, 0.717) is 11.7 Å². The van der Waals surface area contributed by atoms with Crippen LogP contribution < -0.4 is 5.73 Å². The van der Waals surface area contributed by atoms with E-state index in [4.69, 9.17) is 10.3 Å². The lowest BCUT2D eigenvalue weighted by Gasteiger charge is -1.94. The number of aromatic nitrogens is 4. The zero-order valence-electron chi connectivity index (χ0n) is 9.07. The zero-order valence-corrected chi connectivity index (χ0v) is 9.88. The van der Waals surface area contributed by atoms with E-state index < -0.39 is 9.84 Å². The van der Waals surface area contributed by atoms with E-state index in [1.165, 1.54) is 17.1 Å². The molecule has 0 atom stereocenters. The maximum Gasteiger partial charge on any atom is 0.240 e. The standard InChI is InChI=1S/C8H11N5O3S/c1-17(14,15)6-3-10-13(4-6)5-7-11-8(2-9)16-12-7/h3-4H,2,5,9H2,1H3. The first-order valence-electron chi connectivity index (χ1n) is 4.73. The quantitative estimate of drug-likeness (QED) is 0.760. The van der Waals surface area contributed by atoms with Crippen LogP contribution in [-0.2, 0) is 22.9 Å². The molecule has 9 heteroatoms. The van der Waals surface area contributed by atoms with Crippen molar-refractivity contribution in [3.63, 3.8) is 0 Å². The summed E-state index contributed by atoms with van der Waals surface area (Å²) in [6.45, 7) is 0.402. The van der Waals surface area contributed by atoms with Gasteiger partial charge in [0.2, 0.25) is 5.89 Å². The molecule has 8 nitrogen and oxygen atoms in total. The zero-order chi connectivity index (χ0) is 12.5. The number of nitrogens with zero attached hydrogens (tertiary/aromatic N) is 4. The van der Waals surface area contributed by atoms with Gasteiger partial charge in [-0.1, -0.05) is 5.16 Å². The van der Waals surface area contributed by atoms with Gasteiger partial charge in [-0.25, -0.2) is 8.42 Å². The first kappa shape index (κ1) is 11.7. The summed E-state index contributed by atoms with van der Waals surface area (Å²) >= 11 is 0. The number of hydrogen-bond donors (Lipinski definition) is 1. The predicted molar refractivity (Wildman–Crippen MR) is 56.6 cm³/mol. The third kappa shape index (κ3) is 2.68. The fourth-order valence-electron chi connectivity index (χ4n) is 1.20. The van der Waals surface area contributed by atoms with Gasteiger partial charge < -0.3 is 10.3 Å². The molecule has 0 aliphatic rings. The van der Waals surface area contributed by atoms with E-state index in [1.807, 2.05) is 0 Å². The van der Waals surface area contributed by atoms with Crippen molar-refractivity contribution >= 4 is 9.84 Å². The summed E-state index contributed by atoms with van der Waals surface area (Å²) in [4.78, 5) is 4.14. The molecule has 0 aliphatic heterocycles. The molecule has 0 saturated carbocycles. The minimum atomic E-state index is -3.24. The molecule has 2 N–H and O–H groups in total. The monoisotopic (exact) mass is 257 g/mol. The summed E-state index contributed by atoms with van der Waals surface area (Å²) in [5.74, 6) is 0.726. The second kappa shape index (κ2) is 4.26. The molecule has 0 radical (unpaired) electrons. The van der Waals surface area contributed by atoms with Crippen LogP contribution in [0, 0.1) is 0 Å². The average Bonchev–Trinajstić information content (AvgIpc) is 2.86. The number of hydrogen-bond acceptors (Lipinski definition) is 7. The normalized spacial score (nSPS) is 11.9. The molecular weight excluding hydrogens is 246 g/mol. The fourth-order valence-corrected chi connectivity index (χ4v) is 1.76. The smallest absolute Gasteiger partial charge is 0.240 e. The molecule has 0 bridgehead atoms. The fraction of sp³-hybridized carbons (Fsp3) is 0.375. The van der Waals surface area contributed by atoms with Crippen LogP contribution in [0.1, 0.15) is 11.7 Å². The van der Waals surface area contributed by atoms with Crippen LogP contribution in [0.3, 0.4) is 0 Å². The van der Waals surface area contributed by atoms with Crippen molar-refractivity contribution in [2.24, 2.45) is 5.73 Å². The molecule has 17 heavy (non-hydrogen) atoms. The van der Waals surface area contributed by atoms with Gasteiger partial charge in [0.15, 0.2) is 15.7 Å². The highest BCUT2D eigenvalue weighted by molar-refractivity contribution is 7.90. The summed E-state index contributed by atoms with van der Waals surface area (Å²) in [6, 6.07) is 0. The second-order valence-corrected chi connectivity index (χ2v) is 5.47. The lowest BCUT2D eigenvalue weighted by molar-refractivity contribution is 0.373. The molecule has 0 fully saturated rings. The van der Waals surface area contributed by atoms with Gasteiger partial charge in [-0.2, -0.15) is 10.1 Å². The third-order valence-corrected chi connectivity index (χ3v) is 3.09. The van der Waals surface area contributed by atoms with E-state index in [-0.39, 0.29) is 18.0 Å². The number of rotatable bonds is 4.